The van der Waals surface area contributed by atoms with E-state index in [9.17, 15) is 0 Å². The van der Waals surface area contributed by atoms with Gasteiger partial charge in [0.1, 0.15) is 0 Å². The van der Waals surface area contributed by atoms with Gasteiger partial charge in [0.25, 0.3) is 0 Å². The van der Waals surface area contributed by atoms with Crippen LogP contribution in [0.4, 0.5) is 0 Å². The predicted octanol–water partition coefficient (Wildman–Crippen LogP) is -1.19. The smallest absolute Gasteiger partial charge is 0.379 e. The molecule has 1 fully saturated rings. The molecule has 1 rings (SSSR count). The molecule has 0 radical (unpaired) electrons. The maximum absolute atomic E-state index is 5.44. The van der Waals surface area contributed by atoms with Crippen LogP contribution in [-0.2, 0) is 4.65 Å². The van der Waals surface area contributed by atoms with E-state index in [0.29, 0.717) is 6.42 Å². The molecular weight excluding hydrogens is 117 g/mol. The third-order valence-corrected chi connectivity index (χ3v) is 1.43. The van der Waals surface area contributed by atoms with E-state index in [1.165, 1.54) is 0 Å². The van der Waals surface area contributed by atoms with Crippen LogP contribution in [0.3, 0.4) is 0 Å². The fourth-order valence-electron chi connectivity index (χ4n) is 0.979. The van der Waals surface area contributed by atoms with Gasteiger partial charge in [0.2, 0.25) is 0 Å². The summed E-state index contributed by atoms with van der Waals surface area (Å²) in [7, 11) is -0.270. The first-order valence-electron chi connectivity index (χ1n) is 3.11. The highest BCUT2D eigenvalue weighted by Crippen LogP contribution is 2.15. The number of nitrogens with two attached hydrogens (primary N) is 3. The Kier molecular flexibility index (Phi) is 1.76. The summed E-state index contributed by atoms with van der Waals surface area (Å²) in [5.41, 5.74) is 16.3. The van der Waals surface area contributed by atoms with Crippen molar-refractivity contribution in [2.24, 2.45) is 17.1 Å². The van der Waals surface area contributed by atoms with Gasteiger partial charge < -0.3 is 10.3 Å². The van der Waals surface area contributed by atoms with Gasteiger partial charge in [-0.05, 0) is 6.32 Å². The van der Waals surface area contributed by atoms with Gasteiger partial charge in [0.15, 0.2) is 5.85 Å². The normalized spacial score (nSPS) is 26.3. The van der Waals surface area contributed by atoms with Crippen LogP contribution in [0.25, 0.3) is 0 Å². The second-order valence-electron chi connectivity index (χ2n) is 2.50. The summed E-state index contributed by atoms with van der Waals surface area (Å²) in [5.74, 6) is -0.975. The number of rotatable bonds is 0. The molecule has 0 aromatic rings. The molecule has 1 aliphatic heterocycles. The zero-order valence-electron chi connectivity index (χ0n) is 5.34. The van der Waals surface area contributed by atoms with Crippen molar-refractivity contribution in [3.8, 4) is 0 Å². The summed E-state index contributed by atoms with van der Waals surface area (Å²) in [6.07, 6.45) is 2.50. The van der Waals surface area contributed by atoms with Crippen molar-refractivity contribution in [1.82, 2.24) is 0 Å². The van der Waals surface area contributed by atoms with Crippen molar-refractivity contribution < 1.29 is 4.65 Å². The van der Waals surface area contributed by atoms with Crippen LogP contribution in [0.5, 0.6) is 0 Å². The quantitative estimate of drug-likeness (QED) is 0.283. The van der Waals surface area contributed by atoms with Crippen molar-refractivity contribution in [3.63, 3.8) is 0 Å². The predicted molar refractivity (Wildman–Crippen MR) is 36.2 cm³/mol. The van der Waals surface area contributed by atoms with Gasteiger partial charge in [0, 0.05) is 6.42 Å². The monoisotopic (exact) mass is 129 g/mol. The van der Waals surface area contributed by atoms with Crippen molar-refractivity contribution in [2.45, 2.75) is 25.0 Å². The maximum atomic E-state index is 5.44. The first-order valence-corrected chi connectivity index (χ1v) is 3.11. The van der Waals surface area contributed by atoms with Gasteiger partial charge in [-0.3, -0.25) is 11.5 Å². The topological polar surface area (TPSA) is 87.3 Å². The van der Waals surface area contributed by atoms with E-state index in [0.717, 1.165) is 12.7 Å². The Morgan fingerprint density at radius 1 is 1.44 bits per heavy atom. The van der Waals surface area contributed by atoms with Crippen LogP contribution >= 0.6 is 0 Å². The fourth-order valence-corrected chi connectivity index (χ4v) is 0.979. The van der Waals surface area contributed by atoms with Crippen LogP contribution in [0.1, 0.15) is 12.8 Å². The minimum Gasteiger partial charge on any atom is -0.391 e. The molecule has 4 nitrogen and oxygen atoms in total. The zero-order valence-corrected chi connectivity index (χ0v) is 5.34. The van der Waals surface area contributed by atoms with E-state index in [1.54, 1.807) is 0 Å². The van der Waals surface area contributed by atoms with Crippen molar-refractivity contribution in [3.05, 3.63) is 0 Å². The number of hydrogen-bond acceptors (Lipinski definition) is 4. The van der Waals surface area contributed by atoms with Crippen molar-refractivity contribution >= 4 is 7.05 Å². The molecule has 1 heterocycles. The van der Waals surface area contributed by atoms with E-state index < -0.39 is 5.85 Å². The molecular formula is C4H12BN3O. The molecule has 52 valence electrons. The van der Waals surface area contributed by atoms with Gasteiger partial charge in [-0.2, -0.15) is 0 Å². The molecule has 9 heavy (non-hydrogen) atoms. The minimum atomic E-state index is -0.975. The lowest BCUT2D eigenvalue weighted by Crippen LogP contribution is -2.59. The lowest BCUT2D eigenvalue weighted by atomic mass is 9.75. The molecule has 0 amide bonds. The van der Waals surface area contributed by atoms with Gasteiger partial charge in [0.05, 0.1) is 0 Å². The number of hydrogen-bond donors (Lipinski definition) is 3. The van der Waals surface area contributed by atoms with E-state index in [1.807, 2.05) is 0 Å². The molecule has 0 aromatic carbocycles. The first kappa shape index (κ1) is 7.02. The molecule has 1 aliphatic rings. The summed E-state index contributed by atoms with van der Waals surface area (Å²) in [4.78, 5) is 0. The average molecular weight is 129 g/mol. The van der Waals surface area contributed by atoms with Crippen LogP contribution in [0.2, 0.25) is 6.32 Å². The average Bonchev–Trinajstić information content (AvgIpc) is 1.60. The Morgan fingerprint density at radius 2 is 2.11 bits per heavy atom. The summed E-state index contributed by atoms with van der Waals surface area (Å²) in [6, 6.07) is 0. The van der Waals surface area contributed by atoms with E-state index in [4.69, 9.17) is 21.8 Å². The standard InChI is InChI=1S/C4H12BN3O/c6-4(7)2-1-3-5(8)9-4/h1-3,6-8H2. The third-order valence-electron chi connectivity index (χ3n) is 1.43. The van der Waals surface area contributed by atoms with E-state index >= 15 is 0 Å². The Morgan fingerprint density at radius 3 is 2.44 bits per heavy atom. The molecule has 0 unspecified atom stereocenters. The Bertz CT molecular complexity index is 108. The Labute approximate surface area is 54.8 Å². The molecule has 0 spiro atoms. The second kappa shape index (κ2) is 2.26. The Balaban J connectivity index is 2.41. The SMILES string of the molecule is NB1CCCC(N)(N)O1. The third kappa shape index (κ3) is 1.94. The highest BCUT2D eigenvalue weighted by atomic mass is 16.5. The van der Waals surface area contributed by atoms with Crippen LogP contribution in [-0.4, -0.2) is 12.9 Å². The largest absolute Gasteiger partial charge is 0.391 e. The molecule has 0 atom stereocenters. The van der Waals surface area contributed by atoms with E-state index in [-0.39, 0.29) is 7.05 Å². The maximum Gasteiger partial charge on any atom is 0.379 e. The zero-order chi connectivity index (χ0) is 6.91. The lowest BCUT2D eigenvalue weighted by Gasteiger charge is -2.31. The Hall–Kier alpha value is -0.0951. The molecule has 0 aliphatic carbocycles. The van der Waals surface area contributed by atoms with Gasteiger partial charge in [-0.25, -0.2) is 0 Å². The lowest BCUT2D eigenvalue weighted by molar-refractivity contribution is 0.0544. The van der Waals surface area contributed by atoms with E-state index in [2.05, 4.69) is 0 Å². The highest BCUT2D eigenvalue weighted by molar-refractivity contribution is 6.48. The summed E-state index contributed by atoms with van der Waals surface area (Å²) >= 11 is 0. The molecule has 5 heteroatoms. The van der Waals surface area contributed by atoms with Crippen LogP contribution in [0, 0.1) is 0 Å². The van der Waals surface area contributed by atoms with Crippen molar-refractivity contribution in [2.75, 3.05) is 0 Å². The summed E-state index contributed by atoms with van der Waals surface area (Å²) < 4.78 is 5.01. The summed E-state index contributed by atoms with van der Waals surface area (Å²) in [5, 5.41) is 0. The second-order valence-corrected chi connectivity index (χ2v) is 2.50. The molecule has 1 saturated heterocycles. The summed E-state index contributed by atoms with van der Waals surface area (Å²) in [6.45, 7) is 0. The van der Waals surface area contributed by atoms with Crippen LogP contribution in [0.15, 0.2) is 0 Å². The molecule has 0 saturated carbocycles. The van der Waals surface area contributed by atoms with Gasteiger partial charge in [-0.1, -0.05) is 6.42 Å². The van der Waals surface area contributed by atoms with Gasteiger partial charge in [-0.15, -0.1) is 0 Å². The van der Waals surface area contributed by atoms with Gasteiger partial charge >= 0.3 is 7.05 Å². The first-order chi connectivity index (χ1) is 4.10. The van der Waals surface area contributed by atoms with Crippen molar-refractivity contribution in [1.29, 1.82) is 0 Å². The molecule has 6 N–H and O–H groups in total. The molecule has 0 bridgehead atoms. The van der Waals surface area contributed by atoms with Crippen LogP contribution < -0.4 is 17.1 Å². The minimum absolute atomic E-state index is 0.270. The fraction of sp³-hybridized carbons (Fsp3) is 1.00. The molecule has 0 aromatic heterocycles. The highest BCUT2D eigenvalue weighted by Gasteiger charge is 2.29.